The minimum atomic E-state index is 0.185. The maximum absolute atomic E-state index is 5.30. The fraction of sp³-hybridized carbons (Fsp3) is 0.889. The summed E-state index contributed by atoms with van der Waals surface area (Å²) in [4.78, 5) is 0. The second-order valence-corrected chi connectivity index (χ2v) is 3.39. The zero-order valence-electron chi connectivity index (χ0n) is 8.01. The van der Waals surface area contributed by atoms with Crippen molar-refractivity contribution in [1.29, 1.82) is 0 Å². The molecule has 0 heterocycles. The van der Waals surface area contributed by atoms with E-state index in [0.29, 0.717) is 0 Å². The average Bonchev–Trinajstić information content (AvgIpc) is 2.00. The first-order valence-electron chi connectivity index (χ1n) is 4.66. The summed E-state index contributed by atoms with van der Waals surface area (Å²) in [6.07, 6.45) is 5.87. The van der Waals surface area contributed by atoms with Crippen LogP contribution in [0.5, 0.6) is 0 Å². The van der Waals surface area contributed by atoms with Gasteiger partial charge in [-0.2, -0.15) is 0 Å². The summed E-state index contributed by atoms with van der Waals surface area (Å²) < 4.78 is 5.30. The average molecular weight is 189 g/mol. The van der Waals surface area contributed by atoms with Gasteiger partial charge in [0.25, 0.3) is 5.17 Å². The Hall–Kier alpha value is -0.310. The summed E-state index contributed by atoms with van der Waals surface area (Å²) in [5, 5.41) is 0.185. The van der Waals surface area contributed by atoms with E-state index in [1.807, 2.05) is 0 Å². The van der Waals surface area contributed by atoms with Gasteiger partial charge in [-0.05, 0) is 25.1 Å². The van der Waals surface area contributed by atoms with E-state index in [1.54, 1.807) is 0 Å². The molecule has 0 radical (unpaired) electrons. The maximum Gasteiger partial charge on any atom is 0.254 e. The Kier molecular flexibility index (Phi) is 7.16. The molecule has 0 bridgehead atoms. The summed E-state index contributed by atoms with van der Waals surface area (Å²) in [6.45, 7) is 4.31. The van der Waals surface area contributed by atoms with E-state index in [-0.39, 0.29) is 11.3 Å². The molecule has 12 heavy (non-hydrogen) atoms. The van der Waals surface area contributed by atoms with Gasteiger partial charge in [0, 0.05) is 0 Å². The van der Waals surface area contributed by atoms with E-state index < -0.39 is 0 Å². The molecule has 0 saturated heterocycles. The molecule has 0 aliphatic carbocycles. The van der Waals surface area contributed by atoms with Crippen molar-refractivity contribution < 1.29 is 4.74 Å². The van der Waals surface area contributed by atoms with Gasteiger partial charge in [-0.3, -0.25) is 0 Å². The highest BCUT2D eigenvalue weighted by molar-refractivity contribution is 7.80. The lowest BCUT2D eigenvalue weighted by molar-refractivity contribution is 0.166. The molecule has 1 atom stereocenters. The zero-order valence-corrected chi connectivity index (χ0v) is 8.82. The highest BCUT2D eigenvalue weighted by Gasteiger charge is 2.08. The van der Waals surface area contributed by atoms with Crippen LogP contribution in [-0.2, 0) is 4.74 Å². The number of ether oxygens (including phenoxy) is 1. The van der Waals surface area contributed by atoms with Gasteiger partial charge in [-0.15, -0.1) is 0 Å². The van der Waals surface area contributed by atoms with Crippen molar-refractivity contribution in [3.8, 4) is 0 Å². The Balaban J connectivity index is 3.61. The van der Waals surface area contributed by atoms with Crippen molar-refractivity contribution in [2.24, 2.45) is 5.73 Å². The Morgan fingerprint density at radius 2 is 2.00 bits per heavy atom. The summed E-state index contributed by atoms with van der Waals surface area (Å²) in [7, 11) is 0. The minimum absolute atomic E-state index is 0.185. The Morgan fingerprint density at radius 3 is 2.42 bits per heavy atom. The molecule has 0 aliphatic heterocycles. The molecule has 0 aliphatic rings. The fourth-order valence-electron chi connectivity index (χ4n) is 1.18. The summed E-state index contributed by atoms with van der Waals surface area (Å²) in [6, 6.07) is 0. The lowest BCUT2D eigenvalue weighted by Gasteiger charge is -2.16. The van der Waals surface area contributed by atoms with Gasteiger partial charge in [0.05, 0.1) is 0 Å². The molecule has 0 aromatic carbocycles. The Bertz CT molecular complexity index is 128. The van der Waals surface area contributed by atoms with Crippen LogP contribution in [0.15, 0.2) is 0 Å². The van der Waals surface area contributed by atoms with Crippen molar-refractivity contribution in [3.63, 3.8) is 0 Å². The standard InChI is InChI=1S/C9H19NOS/c1-3-5-7-8(6-4-2)11-9(10)12/h8H,3-7H2,1-2H3,(H2,10,12). The van der Waals surface area contributed by atoms with Crippen molar-refractivity contribution in [1.82, 2.24) is 0 Å². The molecule has 0 rings (SSSR count). The Labute approximate surface area is 80.5 Å². The van der Waals surface area contributed by atoms with Gasteiger partial charge in [0.2, 0.25) is 0 Å². The molecule has 72 valence electrons. The van der Waals surface area contributed by atoms with Crippen LogP contribution in [0, 0.1) is 0 Å². The van der Waals surface area contributed by atoms with E-state index in [4.69, 9.17) is 22.7 Å². The predicted molar refractivity (Wildman–Crippen MR) is 56.1 cm³/mol. The molecular weight excluding hydrogens is 170 g/mol. The van der Waals surface area contributed by atoms with E-state index in [2.05, 4.69) is 13.8 Å². The third kappa shape index (κ3) is 6.40. The molecule has 0 saturated carbocycles. The smallest absolute Gasteiger partial charge is 0.254 e. The molecular formula is C9H19NOS. The second-order valence-electron chi connectivity index (χ2n) is 2.99. The third-order valence-corrected chi connectivity index (χ3v) is 1.87. The van der Waals surface area contributed by atoms with Gasteiger partial charge in [-0.25, -0.2) is 0 Å². The van der Waals surface area contributed by atoms with Crippen LogP contribution in [0.3, 0.4) is 0 Å². The van der Waals surface area contributed by atoms with E-state index >= 15 is 0 Å². The van der Waals surface area contributed by atoms with Gasteiger partial charge < -0.3 is 10.5 Å². The first-order chi connectivity index (χ1) is 5.70. The van der Waals surface area contributed by atoms with Crippen LogP contribution in [0.2, 0.25) is 0 Å². The first kappa shape index (κ1) is 11.7. The van der Waals surface area contributed by atoms with E-state index in [9.17, 15) is 0 Å². The van der Waals surface area contributed by atoms with Crippen LogP contribution in [0.4, 0.5) is 0 Å². The van der Waals surface area contributed by atoms with Crippen molar-refractivity contribution in [2.45, 2.75) is 52.1 Å². The summed E-state index contributed by atoms with van der Waals surface area (Å²) in [5.74, 6) is 0. The molecule has 0 aromatic rings. The second kappa shape index (κ2) is 7.35. The molecule has 2 nitrogen and oxygen atoms in total. The van der Waals surface area contributed by atoms with Crippen molar-refractivity contribution in [3.05, 3.63) is 0 Å². The number of nitrogens with two attached hydrogens (primary N) is 1. The normalized spacial score (nSPS) is 12.5. The largest absolute Gasteiger partial charge is 0.468 e. The molecule has 3 heteroatoms. The molecule has 2 N–H and O–H groups in total. The monoisotopic (exact) mass is 189 g/mol. The minimum Gasteiger partial charge on any atom is -0.468 e. The molecule has 0 amide bonds. The topological polar surface area (TPSA) is 35.2 Å². The van der Waals surface area contributed by atoms with E-state index in [1.165, 1.54) is 12.8 Å². The molecule has 0 fully saturated rings. The molecule has 1 unspecified atom stereocenters. The third-order valence-electron chi connectivity index (χ3n) is 1.77. The summed E-state index contributed by atoms with van der Waals surface area (Å²) in [5.41, 5.74) is 5.30. The predicted octanol–water partition coefficient (Wildman–Crippen LogP) is 2.61. The number of unbranched alkanes of at least 4 members (excludes halogenated alkanes) is 1. The van der Waals surface area contributed by atoms with Gasteiger partial charge >= 0.3 is 0 Å². The lowest BCUT2D eigenvalue weighted by Crippen LogP contribution is -2.22. The number of rotatable bonds is 6. The SMILES string of the molecule is CCCCC(CCC)OC(N)=S. The molecule has 0 aromatic heterocycles. The van der Waals surface area contributed by atoms with Gasteiger partial charge in [-0.1, -0.05) is 33.1 Å². The van der Waals surface area contributed by atoms with Crippen molar-refractivity contribution in [2.75, 3.05) is 0 Å². The van der Waals surface area contributed by atoms with Gasteiger partial charge in [0.1, 0.15) is 6.10 Å². The van der Waals surface area contributed by atoms with Crippen LogP contribution in [-0.4, -0.2) is 11.3 Å². The molecule has 0 spiro atoms. The summed E-state index contributed by atoms with van der Waals surface area (Å²) >= 11 is 4.69. The van der Waals surface area contributed by atoms with E-state index in [0.717, 1.165) is 19.3 Å². The maximum atomic E-state index is 5.30. The zero-order chi connectivity index (χ0) is 9.40. The van der Waals surface area contributed by atoms with Crippen LogP contribution in [0.25, 0.3) is 0 Å². The highest BCUT2D eigenvalue weighted by Crippen LogP contribution is 2.10. The van der Waals surface area contributed by atoms with Crippen molar-refractivity contribution >= 4 is 17.4 Å². The fourth-order valence-corrected chi connectivity index (χ4v) is 1.32. The van der Waals surface area contributed by atoms with Crippen LogP contribution >= 0.6 is 12.2 Å². The Morgan fingerprint density at radius 1 is 1.33 bits per heavy atom. The number of hydrogen-bond donors (Lipinski definition) is 1. The first-order valence-corrected chi connectivity index (χ1v) is 5.07. The number of hydrogen-bond acceptors (Lipinski definition) is 2. The highest BCUT2D eigenvalue weighted by atomic mass is 32.1. The van der Waals surface area contributed by atoms with Crippen LogP contribution in [0.1, 0.15) is 46.0 Å². The number of thiocarbonyl (C=S) groups is 1. The quantitative estimate of drug-likeness (QED) is 0.652. The van der Waals surface area contributed by atoms with Crippen LogP contribution < -0.4 is 5.73 Å². The van der Waals surface area contributed by atoms with Gasteiger partial charge in [0.15, 0.2) is 0 Å². The lowest BCUT2D eigenvalue weighted by atomic mass is 10.1.